The molecule has 0 fully saturated rings. The third kappa shape index (κ3) is 7.49. The number of alkyl halides is 2. The fourth-order valence-corrected chi connectivity index (χ4v) is 2.71. The average Bonchev–Trinajstić information content (AvgIpc) is 2.58. The molecular weight excluding hydrogens is 406 g/mol. The number of hydrogen-bond donors (Lipinski definition) is 1. The van der Waals surface area contributed by atoms with Gasteiger partial charge in [-0.15, -0.1) is 0 Å². The molecule has 0 atom stereocenters. The van der Waals surface area contributed by atoms with Crippen LogP contribution in [-0.4, -0.2) is 37.6 Å². The van der Waals surface area contributed by atoms with Crippen molar-refractivity contribution in [1.29, 1.82) is 0 Å². The molecule has 0 aromatic heterocycles. The molecule has 0 heterocycles. The SMILES string of the molecule is CN(CC(=O)NCCc1ccc(OC(F)F)cc1)Cc1ccc(Br)cc1. The minimum Gasteiger partial charge on any atom is -0.435 e. The summed E-state index contributed by atoms with van der Waals surface area (Å²) in [5.74, 6) is 0.0737. The number of likely N-dealkylation sites (N-methyl/N-ethyl adjacent to an activating group) is 1. The average molecular weight is 427 g/mol. The number of benzene rings is 2. The normalized spacial score (nSPS) is 11.0. The molecule has 0 radical (unpaired) electrons. The molecule has 0 saturated carbocycles. The monoisotopic (exact) mass is 426 g/mol. The van der Waals surface area contributed by atoms with E-state index in [0.29, 0.717) is 26.1 Å². The Morgan fingerprint density at radius 1 is 1.12 bits per heavy atom. The topological polar surface area (TPSA) is 41.6 Å². The number of rotatable bonds is 9. The highest BCUT2D eigenvalue weighted by atomic mass is 79.9. The zero-order chi connectivity index (χ0) is 18.9. The molecule has 140 valence electrons. The first-order chi connectivity index (χ1) is 12.4. The van der Waals surface area contributed by atoms with Crippen molar-refractivity contribution in [3.63, 3.8) is 0 Å². The molecule has 1 N–H and O–H groups in total. The molecule has 0 bridgehead atoms. The van der Waals surface area contributed by atoms with Gasteiger partial charge >= 0.3 is 6.61 Å². The van der Waals surface area contributed by atoms with E-state index in [9.17, 15) is 13.6 Å². The van der Waals surface area contributed by atoms with Crippen LogP contribution in [0.3, 0.4) is 0 Å². The highest BCUT2D eigenvalue weighted by molar-refractivity contribution is 9.10. The summed E-state index contributed by atoms with van der Waals surface area (Å²) in [4.78, 5) is 13.9. The Morgan fingerprint density at radius 3 is 2.35 bits per heavy atom. The predicted molar refractivity (Wildman–Crippen MR) is 100 cm³/mol. The lowest BCUT2D eigenvalue weighted by atomic mass is 10.1. The third-order valence-corrected chi connectivity index (χ3v) is 4.19. The van der Waals surface area contributed by atoms with Gasteiger partial charge in [0.2, 0.25) is 5.91 Å². The number of nitrogens with one attached hydrogen (secondary N) is 1. The number of carbonyl (C=O) groups excluding carboxylic acids is 1. The molecule has 0 saturated heterocycles. The van der Waals surface area contributed by atoms with Gasteiger partial charge in [0.15, 0.2) is 0 Å². The van der Waals surface area contributed by atoms with Crippen LogP contribution in [0, 0.1) is 0 Å². The maximum atomic E-state index is 12.1. The van der Waals surface area contributed by atoms with Gasteiger partial charge in [0.1, 0.15) is 5.75 Å². The Hall–Kier alpha value is -1.99. The fourth-order valence-electron chi connectivity index (χ4n) is 2.44. The number of hydrogen-bond acceptors (Lipinski definition) is 3. The van der Waals surface area contributed by atoms with Gasteiger partial charge < -0.3 is 10.1 Å². The second kappa shape index (κ2) is 10.2. The van der Waals surface area contributed by atoms with E-state index in [1.807, 2.05) is 36.2 Å². The van der Waals surface area contributed by atoms with Crippen LogP contribution in [0.25, 0.3) is 0 Å². The molecule has 0 aliphatic heterocycles. The minimum absolute atomic E-state index is 0.0535. The molecule has 1 amide bonds. The van der Waals surface area contributed by atoms with Crippen LogP contribution in [0.5, 0.6) is 5.75 Å². The Labute approximate surface area is 160 Å². The zero-order valence-corrected chi connectivity index (χ0v) is 16.0. The van der Waals surface area contributed by atoms with Gasteiger partial charge in [-0.05, 0) is 48.9 Å². The van der Waals surface area contributed by atoms with E-state index in [1.165, 1.54) is 12.1 Å². The first-order valence-electron chi connectivity index (χ1n) is 8.16. The highest BCUT2D eigenvalue weighted by Crippen LogP contribution is 2.15. The molecule has 2 rings (SSSR count). The smallest absolute Gasteiger partial charge is 0.387 e. The molecular formula is C19H21BrF2N2O2. The molecule has 26 heavy (non-hydrogen) atoms. The maximum absolute atomic E-state index is 12.1. The van der Waals surface area contributed by atoms with E-state index in [1.54, 1.807) is 12.1 Å². The van der Waals surface area contributed by atoms with Gasteiger partial charge in [-0.3, -0.25) is 9.69 Å². The van der Waals surface area contributed by atoms with E-state index in [4.69, 9.17) is 0 Å². The second-order valence-electron chi connectivity index (χ2n) is 5.92. The van der Waals surface area contributed by atoms with E-state index in [-0.39, 0.29) is 11.7 Å². The van der Waals surface area contributed by atoms with Crippen LogP contribution in [0.2, 0.25) is 0 Å². The summed E-state index contributed by atoms with van der Waals surface area (Å²) in [6.45, 7) is -1.35. The summed E-state index contributed by atoms with van der Waals surface area (Å²) < 4.78 is 29.5. The summed E-state index contributed by atoms with van der Waals surface area (Å²) in [5.41, 5.74) is 2.07. The largest absolute Gasteiger partial charge is 0.435 e. The predicted octanol–water partition coefficient (Wildman–Crippen LogP) is 3.84. The summed E-state index contributed by atoms with van der Waals surface area (Å²) in [6.07, 6.45) is 0.622. The Morgan fingerprint density at radius 2 is 1.73 bits per heavy atom. The minimum atomic E-state index is -2.82. The second-order valence-corrected chi connectivity index (χ2v) is 6.84. The molecule has 0 aliphatic rings. The number of ether oxygens (including phenoxy) is 1. The zero-order valence-electron chi connectivity index (χ0n) is 14.4. The molecule has 0 aliphatic carbocycles. The lowest BCUT2D eigenvalue weighted by molar-refractivity contribution is -0.122. The Kier molecular flexibility index (Phi) is 8.00. The van der Waals surface area contributed by atoms with Crippen molar-refractivity contribution >= 4 is 21.8 Å². The third-order valence-electron chi connectivity index (χ3n) is 3.66. The van der Waals surface area contributed by atoms with E-state index in [2.05, 4.69) is 26.0 Å². The summed E-state index contributed by atoms with van der Waals surface area (Å²) in [6, 6.07) is 14.4. The lowest BCUT2D eigenvalue weighted by Crippen LogP contribution is -2.35. The highest BCUT2D eigenvalue weighted by Gasteiger charge is 2.07. The molecule has 0 spiro atoms. The van der Waals surface area contributed by atoms with Crippen molar-refractivity contribution in [3.8, 4) is 5.75 Å². The van der Waals surface area contributed by atoms with Gasteiger partial charge in [-0.25, -0.2) is 0 Å². The quantitative estimate of drug-likeness (QED) is 0.662. The van der Waals surface area contributed by atoms with Gasteiger partial charge in [-0.1, -0.05) is 40.2 Å². The van der Waals surface area contributed by atoms with Crippen molar-refractivity contribution in [2.75, 3.05) is 20.1 Å². The number of carbonyl (C=O) groups is 1. The van der Waals surface area contributed by atoms with Crippen LogP contribution >= 0.6 is 15.9 Å². The molecule has 2 aromatic carbocycles. The first kappa shape index (κ1) is 20.3. The molecule has 7 heteroatoms. The number of halogens is 3. The van der Waals surface area contributed by atoms with Crippen molar-refractivity contribution in [2.45, 2.75) is 19.6 Å². The van der Waals surface area contributed by atoms with E-state index < -0.39 is 6.61 Å². The van der Waals surface area contributed by atoms with Gasteiger partial charge in [-0.2, -0.15) is 8.78 Å². The number of nitrogens with zero attached hydrogens (tertiary/aromatic N) is 1. The summed E-state index contributed by atoms with van der Waals surface area (Å²) in [7, 11) is 1.89. The van der Waals surface area contributed by atoms with Crippen molar-refractivity contribution in [3.05, 3.63) is 64.1 Å². The van der Waals surface area contributed by atoms with Gasteiger partial charge in [0.25, 0.3) is 0 Å². The lowest BCUT2D eigenvalue weighted by Gasteiger charge is -2.16. The standard InChI is InChI=1S/C19H21BrF2N2O2/c1-24(12-15-2-6-16(20)7-3-15)13-18(25)23-11-10-14-4-8-17(9-5-14)26-19(21)22/h2-9,19H,10-13H2,1H3,(H,23,25). The van der Waals surface area contributed by atoms with Crippen LogP contribution in [0.4, 0.5) is 8.78 Å². The van der Waals surface area contributed by atoms with E-state index >= 15 is 0 Å². The molecule has 2 aromatic rings. The van der Waals surface area contributed by atoms with Gasteiger partial charge in [0.05, 0.1) is 6.54 Å². The Balaban J connectivity index is 1.68. The maximum Gasteiger partial charge on any atom is 0.387 e. The van der Waals surface area contributed by atoms with Crippen LogP contribution in [0.15, 0.2) is 53.0 Å². The van der Waals surface area contributed by atoms with Crippen LogP contribution in [0.1, 0.15) is 11.1 Å². The summed E-state index contributed by atoms with van der Waals surface area (Å²) >= 11 is 3.40. The van der Waals surface area contributed by atoms with Crippen molar-refractivity contribution in [2.24, 2.45) is 0 Å². The summed E-state index contributed by atoms with van der Waals surface area (Å²) in [5, 5.41) is 2.86. The molecule has 0 unspecified atom stereocenters. The first-order valence-corrected chi connectivity index (χ1v) is 8.95. The van der Waals surface area contributed by atoms with Gasteiger partial charge in [0, 0.05) is 17.6 Å². The van der Waals surface area contributed by atoms with E-state index in [0.717, 1.165) is 15.6 Å². The van der Waals surface area contributed by atoms with Crippen LogP contribution < -0.4 is 10.1 Å². The Bertz CT molecular complexity index is 694. The van der Waals surface area contributed by atoms with Crippen molar-refractivity contribution < 1.29 is 18.3 Å². The van der Waals surface area contributed by atoms with Crippen LogP contribution in [-0.2, 0) is 17.8 Å². The molecule has 4 nitrogen and oxygen atoms in total. The number of amides is 1. The fraction of sp³-hybridized carbons (Fsp3) is 0.316. The van der Waals surface area contributed by atoms with Crippen molar-refractivity contribution in [1.82, 2.24) is 10.2 Å².